The van der Waals surface area contributed by atoms with E-state index in [1.807, 2.05) is 37.3 Å². The van der Waals surface area contributed by atoms with Crippen LogP contribution in [0.2, 0.25) is 0 Å². The molecule has 16 nitrogen and oxygen atoms in total. The van der Waals surface area contributed by atoms with E-state index in [1.165, 1.54) is 14.2 Å². The van der Waals surface area contributed by atoms with E-state index in [0.29, 0.717) is 45.0 Å². The van der Waals surface area contributed by atoms with E-state index in [9.17, 15) is 19.2 Å². The SMILES string of the molecule is COC(=O)N[C@H](C(=O)N1CCC[C@H]1c1nc(-c2cnc3cc(-c4ccc(-c5cnc([C@@H]6CCCN6C(=O)[C@@H](NC(=O)OC)C6CCOCC6)[nH]5)cc4)ccc3c2)c[nH]1)C(C)C. The third-order valence-corrected chi connectivity index (χ3v) is 12.3. The smallest absolute Gasteiger partial charge is 0.407 e. The maximum Gasteiger partial charge on any atom is 0.407 e. The molecule has 0 aliphatic carbocycles. The van der Waals surface area contributed by atoms with Crippen molar-refractivity contribution in [2.24, 2.45) is 11.8 Å². The maximum absolute atomic E-state index is 14.0. The van der Waals surface area contributed by atoms with E-state index in [1.54, 1.807) is 4.90 Å². The van der Waals surface area contributed by atoms with Gasteiger partial charge in [0.1, 0.15) is 23.7 Å². The number of imidazole rings is 2. The summed E-state index contributed by atoms with van der Waals surface area (Å²) in [5.41, 5.74) is 6.33. The summed E-state index contributed by atoms with van der Waals surface area (Å²) in [4.78, 5) is 76.7. The fourth-order valence-electron chi connectivity index (χ4n) is 8.89. The van der Waals surface area contributed by atoms with Gasteiger partial charge in [0.25, 0.3) is 0 Å². The predicted octanol–water partition coefficient (Wildman–Crippen LogP) is 6.54. The van der Waals surface area contributed by atoms with Gasteiger partial charge in [0, 0.05) is 49.6 Å². The number of hydrogen-bond acceptors (Lipinski definition) is 10. The number of alkyl carbamates (subject to hydrolysis) is 2. The molecule has 0 spiro atoms. The number of nitrogens with one attached hydrogen (secondary N) is 4. The Bertz CT molecular complexity index is 2370. The summed E-state index contributed by atoms with van der Waals surface area (Å²) in [6.07, 6.45) is 8.83. The van der Waals surface area contributed by atoms with Crippen molar-refractivity contribution in [2.75, 3.05) is 40.5 Å². The minimum absolute atomic E-state index is 0.0305. The first kappa shape index (κ1) is 41.4. The lowest BCUT2D eigenvalue weighted by atomic mass is 9.90. The van der Waals surface area contributed by atoms with Crippen molar-refractivity contribution in [3.63, 3.8) is 0 Å². The van der Waals surface area contributed by atoms with Gasteiger partial charge in [-0.25, -0.2) is 19.6 Å². The number of aromatic amines is 2. The molecule has 4 N–H and O–H groups in total. The predicted molar refractivity (Wildman–Crippen MR) is 227 cm³/mol. The summed E-state index contributed by atoms with van der Waals surface area (Å²) in [5, 5.41) is 6.48. The van der Waals surface area contributed by atoms with Crippen molar-refractivity contribution < 1.29 is 33.4 Å². The van der Waals surface area contributed by atoms with Crippen molar-refractivity contribution >= 4 is 34.9 Å². The molecule has 3 saturated heterocycles. The van der Waals surface area contributed by atoms with Gasteiger partial charge in [-0.2, -0.15) is 0 Å². The van der Waals surface area contributed by atoms with Gasteiger partial charge in [-0.15, -0.1) is 0 Å². The number of likely N-dealkylation sites (tertiary alicyclic amines) is 2. The zero-order valence-corrected chi connectivity index (χ0v) is 35.0. The van der Waals surface area contributed by atoms with E-state index in [4.69, 9.17) is 29.2 Å². The number of methoxy groups -OCH3 is 2. The number of aromatic nitrogens is 5. The fraction of sp³-hybridized carbons (Fsp3) is 0.444. The van der Waals surface area contributed by atoms with Gasteiger partial charge in [0.05, 0.1) is 49.4 Å². The van der Waals surface area contributed by atoms with Crippen LogP contribution >= 0.6 is 0 Å². The molecule has 0 unspecified atom stereocenters. The minimum Gasteiger partial charge on any atom is -0.453 e. The number of fused-ring (bicyclic) bond motifs is 1. The average Bonchev–Trinajstić information content (AvgIpc) is 4.14. The molecule has 4 amide bonds. The molecular formula is C45H53N9O7. The average molecular weight is 832 g/mol. The summed E-state index contributed by atoms with van der Waals surface area (Å²) in [6, 6.07) is 14.7. The highest BCUT2D eigenvalue weighted by Gasteiger charge is 2.41. The second kappa shape index (κ2) is 18.1. The number of rotatable bonds is 11. The second-order valence-corrected chi connectivity index (χ2v) is 16.4. The van der Waals surface area contributed by atoms with Crippen LogP contribution in [-0.2, 0) is 23.8 Å². The van der Waals surface area contributed by atoms with E-state index in [0.717, 1.165) is 76.1 Å². The van der Waals surface area contributed by atoms with Crippen LogP contribution in [0.25, 0.3) is 44.5 Å². The molecule has 320 valence electrons. The number of benzene rings is 2. The van der Waals surface area contributed by atoms with E-state index in [-0.39, 0.29) is 35.7 Å². The molecule has 3 aromatic heterocycles. The summed E-state index contributed by atoms with van der Waals surface area (Å²) < 4.78 is 15.2. The van der Waals surface area contributed by atoms with Crippen LogP contribution in [0, 0.1) is 11.8 Å². The van der Waals surface area contributed by atoms with Gasteiger partial charge in [-0.05, 0) is 79.2 Å². The fourth-order valence-corrected chi connectivity index (χ4v) is 8.89. The molecule has 5 aromatic rings. The second-order valence-electron chi connectivity index (χ2n) is 16.4. The number of nitrogens with zero attached hydrogens (tertiary/aromatic N) is 5. The van der Waals surface area contributed by atoms with Gasteiger partial charge in [0.15, 0.2) is 0 Å². The standard InChI is InChI=1S/C45H53N9O7/c1-26(2)38(51-44(57)59-3)42(55)53-17-5-7-36(53)41-48-25-35(50-41)32-21-31-14-13-30(22-33(31)46-23-32)27-9-11-28(12-10-27)34-24-47-40(49-34)37-8-6-18-54(37)43(56)39(52-45(58)60-4)29-15-19-61-20-16-29/h9-14,21-26,29,36-39H,5-8,15-20H2,1-4H3,(H,47,49)(H,48,50)(H,51,57)(H,52,58)/t36-,37-,38-,39-/m0/s1. The third kappa shape index (κ3) is 8.81. The Balaban J connectivity index is 0.935. The molecule has 61 heavy (non-hydrogen) atoms. The number of ether oxygens (including phenoxy) is 3. The number of carbonyl (C=O) groups is 4. The lowest BCUT2D eigenvalue weighted by Crippen LogP contribution is -2.53. The van der Waals surface area contributed by atoms with E-state index >= 15 is 0 Å². The van der Waals surface area contributed by atoms with Gasteiger partial charge < -0.3 is 44.6 Å². The van der Waals surface area contributed by atoms with Crippen molar-refractivity contribution in [2.45, 2.75) is 76.5 Å². The molecule has 3 fully saturated rings. The van der Waals surface area contributed by atoms with Gasteiger partial charge in [-0.3, -0.25) is 14.6 Å². The van der Waals surface area contributed by atoms with Crippen LogP contribution < -0.4 is 10.6 Å². The Kier molecular flexibility index (Phi) is 12.3. The van der Waals surface area contributed by atoms with E-state index < -0.39 is 24.3 Å². The largest absolute Gasteiger partial charge is 0.453 e. The van der Waals surface area contributed by atoms with E-state index in [2.05, 4.69) is 69.1 Å². The van der Waals surface area contributed by atoms with Gasteiger partial charge in [-0.1, -0.05) is 50.2 Å². The first-order valence-corrected chi connectivity index (χ1v) is 21.1. The number of pyridine rings is 1. The van der Waals surface area contributed by atoms with Crippen molar-refractivity contribution in [3.05, 3.63) is 78.8 Å². The lowest BCUT2D eigenvalue weighted by Gasteiger charge is -2.34. The molecule has 3 aliphatic heterocycles. The molecule has 3 aliphatic rings. The number of hydrogen-bond donors (Lipinski definition) is 4. The van der Waals surface area contributed by atoms with Crippen LogP contribution in [0.3, 0.4) is 0 Å². The number of H-pyrrole nitrogens is 2. The molecule has 6 heterocycles. The first-order valence-electron chi connectivity index (χ1n) is 21.1. The van der Waals surface area contributed by atoms with Crippen molar-refractivity contribution in [1.82, 2.24) is 45.4 Å². The highest BCUT2D eigenvalue weighted by molar-refractivity contribution is 5.89. The Labute approximate surface area is 354 Å². The molecular weight excluding hydrogens is 779 g/mol. The highest BCUT2D eigenvalue weighted by atomic mass is 16.5. The monoisotopic (exact) mass is 831 g/mol. The van der Waals surface area contributed by atoms with Crippen LogP contribution in [0.15, 0.2) is 67.1 Å². The zero-order valence-electron chi connectivity index (χ0n) is 35.0. The number of amides is 4. The summed E-state index contributed by atoms with van der Waals surface area (Å²) in [7, 11) is 2.59. The van der Waals surface area contributed by atoms with Crippen LogP contribution in [0.4, 0.5) is 9.59 Å². The molecule has 8 rings (SSSR count). The zero-order chi connectivity index (χ0) is 42.6. The number of carbonyl (C=O) groups excluding carboxylic acids is 4. The topological polar surface area (TPSA) is 197 Å². The molecule has 0 saturated carbocycles. The highest BCUT2D eigenvalue weighted by Crippen LogP contribution is 2.36. The van der Waals surface area contributed by atoms with Crippen LogP contribution in [0.5, 0.6) is 0 Å². The van der Waals surface area contributed by atoms with Crippen LogP contribution in [0.1, 0.15) is 76.1 Å². The lowest BCUT2D eigenvalue weighted by molar-refractivity contribution is -0.137. The molecule has 0 bridgehead atoms. The van der Waals surface area contributed by atoms with Crippen molar-refractivity contribution in [1.29, 1.82) is 0 Å². The van der Waals surface area contributed by atoms with Gasteiger partial charge in [0.2, 0.25) is 11.8 Å². The van der Waals surface area contributed by atoms with Crippen molar-refractivity contribution in [3.8, 4) is 33.6 Å². The normalized spacial score (nSPS) is 19.2. The minimum atomic E-state index is -0.700. The molecule has 4 atom stereocenters. The summed E-state index contributed by atoms with van der Waals surface area (Å²) >= 11 is 0. The summed E-state index contributed by atoms with van der Waals surface area (Å²) in [6.45, 7) is 6.08. The first-order chi connectivity index (χ1) is 29.6. The molecule has 0 radical (unpaired) electrons. The van der Waals surface area contributed by atoms with Crippen LogP contribution in [-0.4, -0.2) is 111 Å². The molecule has 2 aromatic carbocycles. The Morgan fingerprint density at radius 3 is 2.11 bits per heavy atom. The Morgan fingerprint density at radius 1 is 0.754 bits per heavy atom. The Hall–Kier alpha value is -6.29. The molecule has 16 heteroatoms. The van der Waals surface area contributed by atoms with Gasteiger partial charge >= 0.3 is 12.2 Å². The summed E-state index contributed by atoms with van der Waals surface area (Å²) in [5.74, 6) is 1.01. The Morgan fingerprint density at radius 2 is 1.41 bits per heavy atom. The maximum atomic E-state index is 14.0. The third-order valence-electron chi connectivity index (χ3n) is 12.3. The quantitative estimate of drug-likeness (QED) is 0.113.